The lowest BCUT2D eigenvalue weighted by Gasteiger charge is -2.28. The van der Waals surface area contributed by atoms with E-state index in [4.69, 9.17) is 14.2 Å². The highest BCUT2D eigenvalue weighted by Crippen LogP contribution is 2.32. The first-order valence-corrected chi connectivity index (χ1v) is 8.96. The van der Waals surface area contributed by atoms with E-state index in [0.717, 1.165) is 5.56 Å². The number of aryl methyl sites for hydroxylation is 1. The van der Waals surface area contributed by atoms with E-state index in [1.807, 2.05) is 60.3 Å². The lowest BCUT2D eigenvalue weighted by atomic mass is 10.0. The highest BCUT2D eigenvalue weighted by molar-refractivity contribution is 5.82. The van der Waals surface area contributed by atoms with Crippen molar-refractivity contribution < 1.29 is 19.0 Å². The first-order valence-electron chi connectivity index (χ1n) is 8.96. The van der Waals surface area contributed by atoms with E-state index >= 15 is 0 Å². The van der Waals surface area contributed by atoms with Gasteiger partial charge < -0.3 is 24.1 Å². The second kappa shape index (κ2) is 7.64. The number of ether oxygens (including phenoxy) is 3. The van der Waals surface area contributed by atoms with Crippen molar-refractivity contribution in [2.24, 2.45) is 7.05 Å². The number of hydrogen-bond donors (Lipinski definition) is 1. The van der Waals surface area contributed by atoms with Crippen LogP contribution in [0.5, 0.6) is 17.2 Å². The third-order valence-corrected chi connectivity index (χ3v) is 4.65. The van der Waals surface area contributed by atoms with Gasteiger partial charge in [0.2, 0.25) is 6.10 Å². The topological polar surface area (TPSA) is 74.6 Å². The Morgan fingerprint density at radius 1 is 1.21 bits per heavy atom. The van der Waals surface area contributed by atoms with Crippen LogP contribution in [0.4, 0.5) is 0 Å². The van der Waals surface area contributed by atoms with Crippen molar-refractivity contribution in [3.05, 3.63) is 72.3 Å². The Hall–Kier alpha value is -3.48. The van der Waals surface area contributed by atoms with Crippen LogP contribution in [0.2, 0.25) is 0 Å². The largest absolute Gasteiger partial charge is 0.496 e. The molecule has 0 saturated heterocycles. The number of methoxy groups -OCH3 is 1. The molecule has 0 unspecified atom stereocenters. The molecule has 1 aromatic heterocycles. The van der Waals surface area contributed by atoms with Crippen LogP contribution in [0.25, 0.3) is 0 Å². The smallest absolute Gasteiger partial charge is 0.265 e. The van der Waals surface area contributed by atoms with Gasteiger partial charge in [-0.3, -0.25) is 4.79 Å². The summed E-state index contributed by atoms with van der Waals surface area (Å²) in [7, 11) is 3.48. The minimum absolute atomic E-state index is 0.141. The minimum atomic E-state index is -0.757. The van der Waals surface area contributed by atoms with Crippen LogP contribution >= 0.6 is 0 Å². The van der Waals surface area contributed by atoms with Gasteiger partial charge in [-0.05, 0) is 18.2 Å². The van der Waals surface area contributed by atoms with Crippen LogP contribution in [0, 0.1) is 0 Å². The number of carbonyl (C=O) groups is 1. The molecule has 4 rings (SSSR count). The third kappa shape index (κ3) is 3.38. The predicted molar refractivity (Wildman–Crippen MR) is 103 cm³/mol. The summed E-state index contributed by atoms with van der Waals surface area (Å²) >= 11 is 0. The number of rotatable bonds is 5. The minimum Gasteiger partial charge on any atom is -0.496 e. The van der Waals surface area contributed by atoms with E-state index in [9.17, 15) is 4.79 Å². The van der Waals surface area contributed by atoms with Gasteiger partial charge in [-0.15, -0.1) is 0 Å². The van der Waals surface area contributed by atoms with Gasteiger partial charge in [-0.1, -0.05) is 30.3 Å². The van der Waals surface area contributed by atoms with Gasteiger partial charge in [0.15, 0.2) is 11.5 Å². The number of amides is 1. The average molecular weight is 379 g/mol. The summed E-state index contributed by atoms with van der Waals surface area (Å²) in [5.41, 5.74) is 0.810. The number of benzene rings is 2. The van der Waals surface area contributed by atoms with Crippen LogP contribution in [-0.4, -0.2) is 35.3 Å². The standard InChI is InChI=1S/C21H21N3O4/c1-24-12-11-22-20(24)19(14-7-3-4-8-15(14)26-2)23-21(25)18-13-27-16-9-5-6-10-17(16)28-18/h3-12,18-19H,13H2,1-2H3,(H,23,25)/t18-,19+/m1/s1. The molecule has 0 fully saturated rings. The number of imidazole rings is 1. The molecule has 7 nitrogen and oxygen atoms in total. The average Bonchev–Trinajstić information content (AvgIpc) is 3.17. The Balaban J connectivity index is 1.62. The molecule has 0 bridgehead atoms. The molecule has 1 N–H and O–H groups in total. The van der Waals surface area contributed by atoms with E-state index in [1.54, 1.807) is 19.4 Å². The number of aromatic nitrogens is 2. The van der Waals surface area contributed by atoms with Gasteiger partial charge in [0, 0.05) is 25.0 Å². The number of fused-ring (bicyclic) bond motifs is 1. The highest BCUT2D eigenvalue weighted by atomic mass is 16.6. The van der Waals surface area contributed by atoms with Crippen LogP contribution in [0.3, 0.4) is 0 Å². The van der Waals surface area contributed by atoms with Crippen molar-refractivity contribution >= 4 is 5.91 Å². The van der Waals surface area contributed by atoms with E-state index < -0.39 is 12.1 Å². The van der Waals surface area contributed by atoms with Crippen molar-refractivity contribution in [1.29, 1.82) is 0 Å². The highest BCUT2D eigenvalue weighted by Gasteiger charge is 2.31. The maximum Gasteiger partial charge on any atom is 0.265 e. The van der Waals surface area contributed by atoms with E-state index in [0.29, 0.717) is 23.1 Å². The summed E-state index contributed by atoms with van der Waals surface area (Å²) in [5, 5.41) is 3.04. The zero-order valence-corrected chi connectivity index (χ0v) is 15.7. The molecule has 2 aromatic carbocycles. The van der Waals surface area contributed by atoms with Crippen LogP contribution < -0.4 is 19.5 Å². The molecule has 28 heavy (non-hydrogen) atoms. The molecular weight excluding hydrogens is 358 g/mol. The van der Waals surface area contributed by atoms with Gasteiger partial charge in [-0.2, -0.15) is 0 Å². The Labute approximate surface area is 162 Å². The molecule has 2 atom stereocenters. The third-order valence-electron chi connectivity index (χ3n) is 4.65. The molecule has 0 saturated carbocycles. The zero-order valence-electron chi connectivity index (χ0n) is 15.7. The molecule has 1 aliphatic rings. The molecule has 1 aliphatic heterocycles. The Bertz CT molecular complexity index is 985. The zero-order chi connectivity index (χ0) is 19.5. The number of para-hydroxylation sites is 3. The normalized spacial score (nSPS) is 16.3. The Morgan fingerprint density at radius 2 is 1.96 bits per heavy atom. The van der Waals surface area contributed by atoms with Crippen LogP contribution in [-0.2, 0) is 11.8 Å². The SMILES string of the molecule is COc1ccccc1[C@H](NC(=O)[C@H]1COc2ccccc2O1)c1nccn1C. The van der Waals surface area contributed by atoms with Crippen LogP contribution in [0.15, 0.2) is 60.9 Å². The molecule has 0 radical (unpaired) electrons. The number of hydrogen-bond acceptors (Lipinski definition) is 5. The van der Waals surface area contributed by atoms with E-state index in [1.165, 1.54) is 0 Å². The molecule has 1 amide bonds. The summed E-state index contributed by atoms with van der Waals surface area (Å²) in [5.74, 6) is 2.27. The summed E-state index contributed by atoms with van der Waals surface area (Å²) in [6, 6.07) is 14.4. The Kier molecular flexibility index (Phi) is 4.89. The van der Waals surface area contributed by atoms with Crippen molar-refractivity contribution in [1.82, 2.24) is 14.9 Å². The monoisotopic (exact) mass is 379 g/mol. The lowest BCUT2D eigenvalue weighted by molar-refractivity contribution is -0.130. The molecular formula is C21H21N3O4. The Morgan fingerprint density at radius 3 is 2.71 bits per heavy atom. The second-order valence-corrected chi connectivity index (χ2v) is 6.44. The fourth-order valence-electron chi connectivity index (χ4n) is 3.23. The molecule has 144 valence electrons. The fraction of sp³-hybridized carbons (Fsp3) is 0.238. The first-order chi connectivity index (χ1) is 13.7. The summed E-state index contributed by atoms with van der Waals surface area (Å²) in [6.45, 7) is 0.141. The molecule has 7 heteroatoms. The number of carbonyl (C=O) groups excluding carboxylic acids is 1. The quantitative estimate of drug-likeness (QED) is 0.737. The van der Waals surface area contributed by atoms with Crippen molar-refractivity contribution in [3.63, 3.8) is 0 Å². The van der Waals surface area contributed by atoms with Gasteiger partial charge in [0.05, 0.1) is 7.11 Å². The van der Waals surface area contributed by atoms with Crippen molar-refractivity contribution in [3.8, 4) is 17.2 Å². The molecule has 3 aromatic rings. The predicted octanol–water partition coefficient (Wildman–Crippen LogP) is 2.47. The van der Waals surface area contributed by atoms with Crippen LogP contribution in [0.1, 0.15) is 17.4 Å². The van der Waals surface area contributed by atoms with Gasteiger partial charge in [-0.25, -0.2) is 4.98 Å². The molecule has 2 heterocycles. The van der Waals surface area contributed by atoms with E-state index in [-0.39, 0.29) is 12.5 Å². The maximum absolute atomic E-state index is 13.0. The van der Waals surface area contributed by atoms with E-state index in [2.05, 4.69) is 10.3 Å². The summed E-state index contributed by atoms with van der Waals surface area (Å²) < 4.78 is 18.9. The first kappa shape index (κ1) is 17.9. The van der Waals surface area contributed by atoms with Gasteiger partial charge in [0.25, 0.3) is 5.91 Å². The number of nitrogens with one attached hydrogen (secondary N) is 1. The van der Waals surface area contributed by atoms with Gasteiger partial charge >= 0.3 is 0 Å². The fourth-order valence-corrected chi connectivity index (χ4v) is 3.23. The van der Waals surface area contributed by atoms with Gasteiger partial charge in [0.1, 0.15) is 24.2 Å². The summed E-state index contributed by atoms with van der Waals surface area (Å²) in [4.78, 5) is 17.4. The second-order valence-electron chi connectivity index (χ2n) is 6.44. The number of nitrogens with zero attached hydrogens (tertiary/aromatic N) is 2. The lowest BCUT2D eigenvalue weighted by Crippen LogP contribution is -2.45. The molecule has 0 aliphatic carbocycles. The summed E-state index contributed by atoms with van der Waals surface area (Å²) in [6.07, 6.45) is 2.77. The van der Waals surface area contributed by atoms with Crippen molar-refractivity contribution in [2.75, 3.05) is 13.7 Å². The van der Waals surface area contributed by atoms with Crippen molar-refractivity contribution in [2.45, 2.75) is 12.1 Å². The maximum atomic E-state index is 13.0. The molecule has 0 spiro atoms.